The number of carbonyl (C=O) groups is 2. The molecule has 4 heterocycles. The highest BCUT2D eigenvalue weighted by molar-refractivity contribution is 7.99. The van der Waals surface area contributed by atoms with Crippen molar-refractivity contribution in [3.05, 3.63) is 17.8 Å². The number of hydrogen-bond donors (Lipinski definition) is 2. The van der Waals surface area contributed by atoms with Gasteiger partial charge < -0.3 is 29.6 Å². The lowest BCUT2D eigenvalue weighted by Crippen LogP contribution is -2.45. The van der Waals surface area contributed by atoms with Crippen molar-refractivity contribution >= 4 is 35.5 Å². The zero-order valence-electron chi connectivity index (χ0n) is 17.7. The lowest BCUT2D eigenvalue weighted by Gasteiger charge is -2.35. The van der Waals surface area contributed by atoms with Crippen LogP contribution in [0.25, 0.3) is 0 Å². The van der Waals surface area contributed by atoms with Crippen LogP contribution in [-0.2, 0) is 20.7 Å². The third kappa shape index (κ3) is 6.81. The van der Waals surface area contributed by atoms with E-state index in [1.165, 1.54) is 22.8 Å². The summed E-state index contributed by atoms with van der Waals surface area (Å²) in [5.41, 5.74) is 1.26. The Bertz CT molecular complexity index is 791. The molecule has 170 valence electrons. The van der Waals surface area contributed by atoms with Gasteiger partial charge in [-0.25, -0.2) is 14.6 Å². The number of aliphatic carboxylic acids is 2. The summed E-state index contributed by atoms with van der Waals surface area (Å²) in [5, 5.41) is 15.6. The Balaban J connectivity index is 0.000000293. The predicted molar refractivity (Wildman–Crippen MR) is 118 cm³/mol. The van der Waals surface area contributed by atoms with Crippen molar-refractivity contribution in [1.29, 1.82) is 0 Å². The van der Waals surface area contributed by atoms with Crippen molar-refractivity contribution in [2.45, 2.75) is 17.7 Å². The van der Waals surface area contributed by atoms with Crippen molar-refractivity contribution in [3.8, 4) is 0 Å². The standard InChI is InChI=1S/C16H25N5OS.C4H4O4/c1-19-4-6-21(7-5-19)16-17-13-3-2-12-23-14(13)15(18-16)20-8-10-22-11-9-20;5-3(6)1-2-4(7)8/h2-12H2,1H3;1-2H,(H,5,6)(H,7,8)/b;2-1-. The predicted octanol–water partition coefficient (Wildman–Crippen LogP) is 0.815. The van der Waals surface area contributed by atoms with Crippen molar-refractivity contribution in [1.82, 2.24) is 14.9 Å². The number of carboxylic acids is 2. The van der Waals surface area contributed by atoms with E-state index in [4.69, 9.17) is 24.9 Å². The largest absolute Gasteiger partial charge is 0.478 e. The molecular formula is C20H29N5O5S. The molecule has 11 heteroatoms. The monoisotopic (exact) mass is 451 g/mol. The van der Waals surface area contributed by atoms with Crippen LogP contribution in [0.2, 0.25) is 0 Å². The highest BCUT2D eigenvalue weighted by Gasteiger charge is 2.26. The number of fused-ring (bicyclic) bond motifs is 1. The van der Waals surface area contributed by atoms with Gasteiger partial charge >= 0.3 is 11.9 Å². The second-order valence-corrected chi connectivity index (χ2v) is 8.58. The number of aromatic nitrogens is 2. The molecule has 0 aliphatic carbocycles. The number of likely N-dealkylation sites (N-methyl/N-ethyl adjacent to an activating group) is 1. The maximum atomic E-state index is 9.55. The number of rotatable bonds is 4. The van der Waals surface area contributed by atoms with Crippen molar-refractivity contribution in [3.63, 3.8) is 0 Å². The Hall–Kier alpha value is -2.37. The highest BCUT2D eigenvalue weighted by Crippen LogP contribution is 2.37. The van der Waals surface area contributed by atoms with E-state index in [9.17, 15) is 9.59 Å². The molecule has 10 nitrogen and oxygen atoms in total. The van der Waals surface area contributed by atoms with E-state index in [-0.39, 0.29) is 0 Å². The summed E-state index contributed by atoms with van der Waals surface area (Å²) in [5.74, 6) is 0.749. The molecule has 1 aromatic heterocycles. The van der Waals surface area contributed by atoms with Gasteiger partial charge in [-0.3, -0.25) is 0 Å². The van der Waals surface area contributed by atoms with Gasteiger partial charge in [0.15, 0.2) is 0 Å². The highest BCUT2D eigenvalue weighted by atomic mass is 32.2. The number of hydrogen-bond acceptors (Lipinski definition) is 9. The molecule has 0 atom stereocenters. The summed E-state index contributed by atoms with van der Waals surface area (Å²) < 4.78 is 5.52. The molecule has 0 saturated carbocycles. The normalized spacial score (nSPS) is 19.5. The summed E-state index contributed by atoms with van der Waals surface area (Å²) in [4.78, 5) is 37.5. The Morgan fingerprint density at radius 2 is 1.61 bits per heavy atom. The number of anilines is 2. The van der Waals surface area contributed by atoms with Crippen LogP contribution in [0.3, 0.4) is 0 Å². The molecule has 3 aliphatic rings. The number of thioether (sulfide) groups is 1. The first-order valence-electron chi connectivity index (χ1n) is 10.4. The smallest absolute Gasteiger partial charge is 0.328 e. The first kappa shape index (κ1) is 23.3. The van der Waals surface area contributed by atoms with Crippen molar-refractivity contribution in [2.75, 3.05) is 75.1 Å². The zero-order valence-corrected chi connectivity index (χ0v) is 18.5. The lowest BCUT2D eigenvalue weighted by molar-refractivity contribution is -0.134. The molecule has 2 fully saturated rings. The molecule has 4 rings (SSSR count). The number of nitrogens with zero attached hydrogens (tertiary/aromatic N) is 5. The number of morpholine rings is 1. The Kier molecular flexibility index (Phi) is 8.50. The summed E-state index contributed by atoms with van der Waals surface area (Å²) in [6.45, 7) is 7.68. The van der Waals surface area contributed by atoms with E-state index in [1.54, 1.807) is 0 Å². The molecule has 0 radical (unpaired) electrons. The SMILES string of the molecule is CN1CCN(c2nc3c(c(N4CCOCC4)n2)SCCC3)CC1.O=C(O)/C=C\C(=O)O. The van der Waals surface area contributed by atoms with E-state index in [0.717, 1.165) is 70.7 Å². The van der Waals surface area contributed by atoms with E-state index in [1.807, 2.05) is 11.8 Å². The van der Waals surface area contributed by atoms with Crippen LogP contribution < -0.4 is 9.80 Å². The van der Waals surface area contributed by atoms with Gasteiger partial charge in [0, 0.05) is 51.4 Å². The van der Waals surface area contributed by atoms with Crippen LogP contribution in [0, 0.1) is 0 Å². The minimum atomic E-state index is -1.26. The molecule has 2 saturated heterocycles. The maximum absolute atomic E-state index is 9.55. The zero-order chi connectivity index (χ0) is 22.2. The fourth-order valence-corrected chi connectivity index (χ4v) is 4.59. The second kappa shape index (κ2) is 11.3. The van der Waals surface area contributed by atoms with Crippen LogP contribution in [0.1, 0.15) is 12.1 Å². The fraction of sp³-hybridized carbons (Fsp3) is 0.600. The van der Waals surface area contributed by atoms with Gasteiger partial charge in [-0.15, -0.1) is 11.8 Å². The first-order valence-corrected chi connectivity index (χ1v) is 11.4. The quantitative estimate of drug-likeness (QED) is 0.633. The molecule has 0 amide bonds. The van der Waals surface area contributed by atoms with Crippen molar-refractivity contribution in [2.24, 2.45) is 0 Å². The number of piperazine rings is 1. The molecule has 0 unspecified atom stereocenters. The molecule has 2 N–H and O–H groups in total. The second-order valence-electron chi connectivity index (χ2n) is 7.47. The van der Waals surface area contributed by atoms with E-state index >= 15 is 0 Å². The van der Waals surface area contributed by atoms with Crippen LogP contribution in [0.15, 0.2) is 17.0 Å². The van der Waals surface area contributed by atoms with Gasteiger partial charge in [-0.2, -0.15) is 4.98 Å². The molecule has 3 aliphatic heterocycles. The van der Waals surface area contributed by atoms with Gasteiger partial charge in [0.05, 0.1) is 23.8 Å². The molecule has 0 bridgehead atoms. The Labute approximate surface area is 185 Å². The van der Waals surface area contributed by atoms with E-state index < -0.39 is 11.9 Å². The Morgan fingerprint density at radius 1 is 0.968 bits per heavy atom. The number of carboxylic acid groups (broad SMARTS) is 2. The Morgan fingerprint density at radius 3 is 2.23 bits per heavy atom. The number of aryl methyl sites for hydroxylation is 1. The topological polar surface area (TPSA) is 119 Å². The molecule has 31 heavy (non-hydrogen) atoms. The van der Waals surface area contributed by atoms with E-state index in [0.29, 0.717) is 12.2 Å². The summed E-state index contributed by atoms with van der Waals surface area (Å²) in [6.07, 6.45) is 3.42. The van der Waals surface area contributed by atoms with Gasteiger partial charge in [0.2, 0.25) is 5.95 Å². The maximum Gasteiger partial charge on any atom is 0.328 e. The summed E-state index contributed by atoms with van der Waals surface area (Å²) in [7, 11) is 2.18. The first-order chi connectivity index (χ1) is 14.9. The van der Waals surface area contributed by atoms with Crippen molar-refractivity contribution < 1.29 is 24.5 Å². The third-order valence-corrected chi connectivity index (χ3v) is 6.38. The fourth-order valence-electron chi connectivity index (χ4n) is 3.48. The molecule has 0 spiro atoms. The van der Waals surface area contributed by atoms with E-state index in [2.05, 4.69) is 21.7 Å². The third-order valence-electron chi connectivity index (χ3n) is 5.18. The minimum Gasteiger partial charge on any atom is -0.478 e. The average Bonchev–Trinajstić information content (AvgIpc) is 2.78. The van der Waals surface area contributed by atoms with Gasteiger partial charge in [0.25, 0.3) is 0 Å². The van der Waals surface area contributed by atoms with Gasteiger partial charge in [0.1, 0.15) is 5.82 Å². The number of ether oxygens (including phenoxy) is 1. The minimum absolute atomic E-state index is 0.558. The van der Waals surface area contributed by atoms with Crippen LogP contribution >= 0.6 is 11.8 Å². The average molecular weight is 452 g/mol. The van der Waals surface area contributed by atoms with Gasteiger partial charge in [-0.1, -0.05) is 0 Å². The van der Waals surface area contributed by atoms with Crippen LogP contribution in [-0.4, -0.2) is 102 Å². The lowest BCUT2D eigenvalue weighted by atomic mass is 10.2. The van der Waals surface area contributed by atoms with Gasteiger partial charge in [-0.05, 0) is 25.6 Å². The molecule has 0 aromatic carbocycles. The van der Waals surface area contributed by atoms with Crippen LogP contribution in [0.4, 0.5) is 11.8 Å². The summed E-state index contributed by atoms with van der Waals surface area (Å²) >= 11 is 1.93. The molecular weight excluding hydrogens is 422 g/mol. The molecule has 1 aromatic rings. The van der Waals surface area contributed by atoms with Crippen LogP contribution in [0.5, 0.6) is 0 Å². The summed E-state index contributed by atoms with van der Waals surface area (Å²) in [6, 6.07) is 0.